The van der Waals surface area contributed by atoms with E-state index in [9.17, 15) is 4.79 Å². The minimum Gasteiger partial charge on any atom is -0.323 e. The van der Waals surface area contributed by atoms with Gasteiger partial charge in [0, 0.05) is 0 Å². The van der Waals surface area contributed by atoms with Crippen LogP contribution in [0, 0.1) is 4.77 Å². The summed E-state index contributed by atoms with van der Waals surface area (Å²) in [6.45, 7) is 0. The van der Waals surface area contributed by atoms with Crippen molar-refractivity contribution in [3.63, 3.8) is 0 Å². The van der Waals surface area contributed by atoms with Gasteiger partial charge >= 0.3 is 0 Å². The maximum Gasteiger partial charge on any atom is 0.267 e. The molecule has 2 aromatic heterocycles. The Morgan fingerprint density at radius 1 is 1.18 bits per heavy atom. The van der Waals surface area contributed by atoms with Gasteiger partial charge in [-0.2, -0.15) is 0 Å². The zero-order valence-corrected chi connectivity index (χ0v) is 10.3. The summed E-state index contributed by atoms with van der Waals surface area (Å²) in [5.41, 5.74) is 0.711. The summed E-state index contributed by atoms with van der Waals surface area (Å²) in [5, 5.41) is 2.56. The van der Waals surface area contributed by atoms with E-state index in [-0.39, 0.29) is 5.56 Å². The Morgan fingerprint density at radius 3 is 2.71 bits per heavy atom. The maximum atomic E-state index is 12.3. The van der Waals surface area contributed by atoms with Crippen molar-refractivity contribution in [2.45, 2.75) is 0 Å². The number of aromatic amines is 1. The molecule has 0 atom stereocenters. The van der Waals surface area contributed by atoms with Crippen molar-refractivity contribution >= 4 is 33.8 Å². The second kappa shape index (κ2) is 3.94. The van der Waals surface area contributed by atoms with Gasteiger partial charge in [0.1, 0.15) is 4.83 Å². The van der Waals surface area contributed by atoms with E-state index in [1.165, 1.54) is 15.9 Å². The molecule has 0 bridgehead atoms. The smallest absolute Gasteiger partial charge is 0.267 e. The second-order valence-corrected chi connectivity index (χ2v) is 4.87. The van der Waals surface area contributed by atoms with Crippen molar-refractivity contribution in [1.82, 2.24) is 9.55 Å². The molecular formula is C12H8N2OS2. The molecule has 1 aromatic carbocycles. The van der Waals surface area contributed by atoms with Crippen molar-refractivity contribution < 1.29 is 0 Å². The van der Waals surface area contributed by atoms with Gasteiger partial charge < -0.3 is 4.98 Å². The minimum atomic E-state index is -0.0730. The van der Waals surface area contributed by atoms with E-state index in [4.69, 9.17) is 12.2 Å². The Labute approximate surface area is 106 Å². The van der Waals surface area contributed by atoms with E-state index < -0.39 is 0 Å². The van der Waals surface area contributed by atoms with Crippen molar-refractivity contribution in [3.05, 3.63) is 56.9 Å². The highest BCUT2D eigenvalue weighted by molar-refractivity contribution is 7.71. The summed E-state index contributed by atoms with van der Waals surface area (Å²) in [4.78, 5) is 16.2. The van der Waals surface area contributed by atoms with Gasteiger partial charge in [0.2, 0.25) is 0 Å². The normalized spacial score (nSPS) is 10.8. The lowest BCUT2D eigenvalue weighted by Gasteiger charge is -2.05. The molecule has 0 saturated heterocycles. The Kier molecular flexibility index (Phi) is 2.42. The zero-order valence-electron chi connectivity index (χ0n) is 8.71. The molecule has 0 unspecified atom stereocenters. The van der Waals surface area contributed by atoms with Gasteiger partial charge in [-0.05, 0) is 35.8 Å². The first-order valence-electron chi connectivity index (χ1n) is 5.05. The van der Waals surface area contributed by atoms with Crippen LogP contribution in [0.1, 0.15) is 0 Å². The molecule has 2 heterocycles. The first-order valence-corrected chi connectivity index (χ1v) is 6.34. The van der Waals surface area contributed by atoms with E-state index in [1.807, 2.05) is 41.8 Å². The van der Waals surface area contributed by atoms with Crippen LogP contribution in [-0.2, 0) is 0 Å². The number of hydrogen-bond donors (Lipinski definition) is 1. The summed E-state index contributed by atoms with van der Waals surface area (Å²) in [6, 6.07) is 11.2. The summed E-state index contributed by atoms with van der Waals surface area (Å²) in [5.74, 6) is 0. The van der Waals surface area contributed by atoms with Gasteiger partial charge in [-0.3, -0.25) is 9.36 Å². The fourth-order valence-electron chi connectivity index (χ4n) is 1.75. The maximum absolute atomic E-state index is 12.3. The predicted molar refractivity (Wildman–Crippen MR) is 72.6 cm³/mol. The standard InChI is InChI=1S/C12H8N2OS2/c15-11-9-6-7-17-10(9)13-12(16)14(11)8-4-2-1-3-5-8/h1-7H,(H,13,16). The summed E-state index contributed by atoms with van der Waals surface area (Å²) < 4.78 is 1.95. The van der Waals surface area contributed by atoms with Gasteiger partial charge in [-0.25, -0.2) is 0 Å². The van der Waals surface area contributed by atoms with Crippen molar-refractivity contribution in [1.29, 1.82) is 0 Å². The molecule has 0 saturated carbocycles. The first-order chi connectivity index (χ1) is 8.27. The average molecular weight is 260 g/mol. The summed E-state index contributed by atoms with van der Waals surface area (Å²) >= 11 is 6.71. The number of hydrogen-bond acceptors (Lipinski definition) is 3. The second-order valence-electron chi connectivity index (χ2n) is 3.57. The van der Waals surface area contributed by atoms with Crippen LogP contribution < -0.4 is 5.56 Å². The molecule has 3 nitrogen and oxygen atoms in total. The molecule has 5 heteroatoms. The van der Waals surface area contributed by atoms with Gasteiger partial charge in [-0.15, -0.1) is 11.3 Å². The van der Waals surface area contributed by atoms with Crippen LogP contribution in [0.4, 0.5) is 0 Å². The number of aromatic nitrogens is 2. The number of benzene rings is 1. The van der Waals surface area contributed by atoms with Crippen molar-refractivity contribution in [2.24, 2.45) is 0 Å². The highest BCUT2D eigenvalue weighted by Gasteiger charge is 2.07. The Hall–Kier alpha value is -1.72. The number of fused-ring (bicyclic) bond motifs is 1. The molecule has 0 fully saturated rings. The third-order valence-electron chi connectivity index (χ3n) is 2.54. The SMILES string of the molecule is O=c1c2ccsc2[nH]c(=S)n1-c1ccccc1. The monoisotopic (exact) mass is 260 g/mol. The topological polar surface area (TPSA) is 37.8 Å². The fourth-order valence-corrected chi connectivity index (χ4v) is 2.88. The number of H-pyrrole nitrogens is 1. The molecular weight excluding hydrogens is 252 g/mol. The molecule has 0 aliphatic rings. The summed E-state index contributed by atoms with van der Waals surface area (Å²) in [6.07, 6.45) is 0. The van der Waals surface area contributed by atoms with Crippen LogP contribution in [0.2, 0.25) is 0 Å². The Balaban J connectivity index is 2.45. The fraction of sp³-hybridized carbons (Fsp3) is 0. The largest absolute Gasteiger partial charge is 0.323 e. The molecule has 0 aliphatic carbocycles. The van der Waals surface area contributed by atoms with Gasteiger partial charge in [-0.1, -0.05) is 18.2 Å². The molecule has 3 rings (SSSR count). The van der Waals surface area contributed by atoms with E-state index in [2.05, 4.69) is 4.98 Å². The van der Waals surface area contributed by atoms with Crippen molar-refractivity contribution in [2.75, 3.05) is 0 Å². The Bertz CT molecular complexity index is 783. The lowest BCUT2D eigenvalue weighted by atomic mass is 10.3. The third-order valence-corrected chi connectivity index (χ3v) is 3.65. The number of thiophene rings is 1. The Morgan fingerprint density at radius 2 is 1.94 bits per heavy atom. The van der Waals surface area contributed by atoms with Gasteiger partial charge in [0.05, 0.1) is 11.1 Å². The molecule has 0 amide bonds. The number of rotatable bonds is 1. The van der Waals surface area contributed by atoms with E-state index in [1.54, 1.807) is 0 Å². The molecule has 0 spiro atoms. The molecule has 0 aliphatic heterocycles. The quantitative estimate of drug-likeness (QED) is 0.683. The van der Waals surface area contributed by atoms with E-state index >= 15 is 0 Å². The lowest BCUT2D eigenvalue weighted by Crippen LogP contribution is -2.19. The average Bonchev–Trinajstić information content (AvgIpc) is 2.78. The molecule has 3 aromatic rings. The first kappa shape index (κ1) is 10.4. The van der Waals surface area contributed by atoms with Crippen LogP contribution in [0.15, 0.2) is 46.6 Å². The molecule has 1 N–H and O–H groups in total. The zero-order chi connectivity index (χ0) is 11.8. The third kappa shape index (κ3) is 1.64. The number of nitrogens with zero attached hydrogens (tertiary/aromatic N) is 1. The highest BCUT2D eigenvalue weighted by Crippen LogP contribution is 2.15. The minimum absolute atomic E-state index is 0.0730. The number of nitrogens with one attached hydrogen (secondary N) is 1. The van der Waals surface area contributed by atoms with E-state index in [0.717, 1.165) is 10.5 Å². The van der Waals surface area contributed by atoms with Crippen LogP contribution in [-0.4, -0.2) is 9.55 Å². The van der Waals surface area contributed by atoms with Crippen LogP contribution in [0.25, 0.3) is 15.9 Å². The summed E-state index contributed by atoms with van der Waals surface area (Å²) in [7, 11) is 0. The molecule has 17 heavy (non-hydrogen) atoms. The molecule has 84 valence electrons. The van der Waals surface area contributed by atoms with Crippen LogP contribution in [0.5, 0.6) is 0 Å². The number of para-hydroxylation sites is 1. The highest BCUT2D eigenvalue weighted by atomic mass is 32.1. The van der Waals surface area contributed by atoms with Crippen LogP contribution in [0.3, 0.4) is 0 Å². The van der Waals surface area contributed by atoms with Gasteiger partial charge in [0.15, 0.2) is 4.77 Å². The van der Waals surface area contributed by atoms with Crippen molar-refractivity contribution in [3.8, 4) is 5.69 Å². The lowest BCUT2D eigenvalue weighted by molar-refractivity contribution is 0.943. The van der Waals surface area contributed by atoms with E-state index in [0.29, 0.717) is 10.2 Å². The predicted octanol–water partition coefficient (Wildman–Crippen LogP) is 3.11. The molecule has 0 radical (unpaired) electrons. The van der Waals surface area contributed by atoms with Crippen LogP contribution >= 0.6 is 23.6 Å². The van der Waals surface area contributed by atoms with Gasteiger partial charge in [0.25, 0.3) is 5.56 Å².